The third-order valence-electron chi connectivity index (χ3n) is 2.30. The van der Waals surface area contributed by atoms with Gasteiger partial charge in [-0.25, -0.2) is 9.97 Å². The second kappa shape index (κ2) is 4.72. The maximum absolute atomic E-state index is 11.7. The Morgan fingerprint density at radius 3 is 2.47 bits per heavy atom. The third kappa shape index (κ3) is 2.90. The predicted molar refractivity (Wildman–Crippen MR) is 58.2 cm³/mol. The number of amides is 1. The molecule has 0 fully saturated rings. The van der Waals surface area contributed by atoms with E-state index < -0.39 is 0 Å². The quantitative estimate of drug-likeness (QED) is 0.771. The van der Waals surface area contributed by atoms with Crippen molar-refractivity contribution in [1.82, 2.24) is 15.3 Å². The number of nitrogen functional groups attached to an aromatic ring is 1. The third-order valence-corrected chi connectivity index (χ3v) is 2.30. The number of hydrogen-bond donors (Lipinski definition) is 2. The van der Waals surface area contributed by atoms with Crippen LogP contribution in [0.15, 0.2) is 12.4 Å². The highest BCUT2D eigenvalue weighted by molar-refractivity contribution is 5.96. The average molecular weight is 208 g/mol. The average Bonchev–Trinajstić information content (AvgIpc) is 2.18. The molecular formula is C10H16N4O. The van der Waals surface area contributed by atoms with Crippen LogP contribution in [0.3, 0.4) is 0 Å². The summed E-state index contributed by atoms with van der Waals surface area (Å²) in [6, 6.07) is 0.0823. The van der Waals surface area contributed by atoms with E-state index in [4.69, 9.17) is 5.73 Å². The first-order chi connectivity index (χ1) is 7.02. The zero-order valence-electron chi connectivity index (χ0n) is 9.19. The lowest BCUT2D eigenvalue weighted by atomic mass is 10.1. The molecule has 0 spiro atoms. The molecule has 0 saturated carbocycles. The Kier molecular flexibility index (Phi) is 3.60. The van der Waals surface area contributed by atoms with Crippen LogP contribution < -0.4 is 11.1 Å². The summed E-state index contributed by atoms with van der Waals surface area (Å²) in [6.07, 6.45) is 2.91. The van der Waals surface area contributed by atoms with Gasteiger partial charge in [-0.2, -0.15) is 0 Å². The van der Waals surface area contributed by atoms with E-state index in [-0.39, 0.29) is 23.5 Å². The van der Waals surface area contributed by atoms with Crippen molar-refractivity contribution in [2.45, 2.75) is 26.8 Å². The summed E-state index contributed by atoms with van der Waals surface area (Å²) in [5.74, 6) is 0.250. The topological polar surface area (TPSA) is 80.9 Å². The van der Waals surface area contributed by atoms with Gasteiger partial charge >= 0.3 is 0 Å². The number of anilines is 1. The number of rotatable bonds is 3. The molecule has 82 valence electrons. The number of aromatic nitrogens is 2. The number of nitrogens with two attached hydrogens (primary N) is 1. The van der Waals surface area contributed by atoms with Gasteiger partial charge in [0.15, 0.2) is 11.5 Å². The number of nitrogens with zero attached hydrogens (tertiary/aromatic N) is 2. The number of nitrogens with one attached hydrogen (secondary N) is 1. The highest BCUT2D eigenvalue weighted by Gasteiger charge is 2.15. The number of hydrogen-bond acceptors (Lipinski definition) is 4. The molecule has 0 aliphatic rings. The molecule has 0 aromatic carbocycles. The monoisotopic (exact) mass is 208 g/mol. The molecule has 5 heteroatoms. The van der Waals surface area contributed by atoms with Crippen molar-refractivity contribution in [3.63, 3.8) is 0 Å². The summed E-state index contributed by atoms with van der Waals surface area (Å²) >= 11 is 0. The van der Waals surface area contributed by atoms with Crippen molar-refractivity contribution < 1.29 is 4.79 Å². The Hall–Kier alpha value is -1.65. The molecule has 0 bridgehead atoms. The van der Waals surface area contributed by atoms with E-state index in [1.54, 1.807) is 0 Å². The van der Waals surface area contributed by atoms with Crippen LogP contribution in [0.5, 0.6) is 0 Å². The summed E-state index contributed by atoms with van der Waals surface area (Å²) in [5.41, 5.74) is 5.72. The van der Waals surface area contributed by atoms with E-state index in [2.05, 4.69) is 15.3 Å². The number of carbonyl (C=O) groups is 1. The van der Waals surface area contributed by atoms with Gasteiger partial charge in [0.1, 0.15) is 0 Å². The first-order valence-electron chi connectivity index (χ1n) is 4.89. The molecule has 0 aliphatic heterocycles. The van der Waals surface area contributed by atoms with Crippen LogP contribution in [0.4, 0.5) is 5.82 Å². The molecule has 5 nitrogen and oxygen atoms in total. The molecule has 15 heavy (non-hydrogen) atoms. The van der Waals surface area contributed by atoms with E-state index in [0.29, 0.717) is 5.92 Å². The van der Waals surface area contributed by atoms with Gasteiger partial charge in [0, 0.05) is 18.4 Å². The van der Waals surface area contributed by atoms with E-state index in [1.807, 2.05) is 20.8 Å². The van der Waals surface area contributed by atoms with Crippen LogP contribution in [0.1, 0.15) is 31.3 Å². The Morgan fingerprint density at radius 2 is 1.93 bits per heavy atom. The fourth-order valence-corrected chi connectivity index (χ4v) is 0.966. The number of carbonyl (C=O) groups excluding carboxylic acids is 1. The van der Waals surface area contributed by atoms with Crippen molar-refractivity contribution in [3.05, 3.63) is 18.1 Å². The summed E-state index contributed by atoms with van der Waals surface area (Å²) in [6.45, 7) is 6.01. The van der Waals surface area contributed by atoms with Gasteiger partial charge in [0.05, 0.1) is 0 Å². The molecule has 0 saturated heterocycles. The molecule has 1 unspecified atom stereocenters. The van der Waals surface area contributed by atoms with Crippen molar-refractivity contribution in [2.24, 2.45) is 5.92 Å². The van der Waals surface area contributed by atoms with Gasteiger partial charge in [-0.3, -0.25) is 4.79 Å². The van der Waals surface area contributed by atoms with Crippen molar-refractivity contribution >= 4 is 11.7 Å². The fraction of sp³-hybridized carbons (Fsp3) is 0.500. The van der Waals surface area contributed by atoms with Gasteiger partial charge in [-0.05, 0) is 12.8 Å². The first-order valence-corrected chi connectivity index (χ1v) is 4.89. The summed E-state index contributed by atoms with van der Waals surface area (Å²) in [5, 5.41) is 2.82. The SMILES string of the molecule is CC(C)C(C)NC(=O)c1nccnc1N. The Labute approximate surface area is 89.1 Å². The second-order valence-corrected chi connectivity index (χ2v) is 3.80. The van der Waals surface area contributed by atoms with Gasteiger partial charge < -0.3 is 11.1 Å². The maximum atomic E-state index is 11.7. The van der Waals surface area contributed by atoms with Crippen molar-refractivity contribution in [3.8, 4) is 0 Å². The van der Waals surface area contributed by atoms with Crippen LogP contribution >= 0.6 is 0 Å². The van der Waals surface area contributed by atoms with Gasteiger partial charge in [0.25, 0.3) is 5.91 Å². The minimum Gasteiger partial charge on any atom is -0.382 e. The van der Waals surface area contributed by atoms with Gasteiger partial charge in [-0.15, -0.1) is 0 Å². The molecule has 0 radical (unpaired) electrons. The van der Waals surface area contributed by atoms with Crippen LogP contribution in [0.25, 0.3) is 0 Å². The van der Waals surface area contributed by atoms with E-state index in [1.165, 1.54) is 12.4 Å². The molecule has 1 rings (SSSR count). The van der Waals surface area contributed by atoms with Crippen LogP contribution in [0.2, 0.25) is 0 Å². The summed E-state index contributed by atoms with van der Waals surface area (Å²) in [7, 11) is 0. The second-order valence-electron chi connectivity index (χ2n) is 3.80. The lowest BCUT2D eigenvalue weighted by Gasteiger charge is -2.17. The molecule has 0 aliphatic carbocycles. The summed E-state index contributed by atoms with van der Waals surface area (Å²) in [4.78, 5) is 19.4. The van der Waals surface area contributed by atoms with Crippen LogP contribution in [0, 0.1) is 5.92 Å². The lowest BCUT2D eigenvalue weighted by Crippen LogP contribution is -2.37. The Bertz CT molecular complexity index is 351. The van der Waals surface area contributed by atoms with E-state index in [0.717, 1.165) is 0 Å². The summed E-state index contributed by atoms with van der Waals surface area (Å²) < 4.78 is 0. The van der Waals surface area contributed by atoms with Crippen molar-refractivity contribution in [1.29, 1.82) is 0 Å². The predicted octanol–water partition coefficient (Wildman–Crippen LogP) is 0.833. The minimum absolute atomic E-state index is 0.0823. The van der Waals surface area contributed by atoms with E-state index >= 15 is 0 Å². The van der Waals surface area contributed by atoms with E-state index in [9.17, 15) is 4.79 Å². The normalized spacial score (nSPS) is 12.5. The molecule has 1 amide bonds. The zero-order chi connectivity index (χ0) is 11.4. The van der Waals surface area contributed by atoms with Crippen molar-refractivity contribution in [2.75, 3.05) is 5.73 Å². The Balaban J connectivity index is 2.74. The van der Waals surface area contributed by atoms with Crippen LogP contribution in [-0.4, -0.2) is 21.9 Å². The van der Waals surface area contributed by atoms with Gasteiger partial charge in [0.2, 0.25) is 0 Å². The highest BCUT2D eigenvalue weighted by Crippen LogP contribution is 2.05. The molecule has 1 aromatic rings. The fourth-order valence-electron chi connectivity index (χ4n) is 0.966. The maximum Gasteiger partial charge on any atom is 0.273 e. The largest absolute Gasteiger partial charge is 0.382 e. The standard InChI is InChI=1S/C10H16N4O/c1-6(2)7(3)14-10(15)8-9(11)13-5-4-12-8/h4-7H,1-3H3,(H2,11,13)(H,14,15). The molecule has 3 N–H and O–H groups in total. The lowest BCUT2D eigenvalue weighted by molar-refractivity contribution is 0.0926. The molecule has 1 aromatic heterocycles. The minimum atomic E-state index is -0.276. The smallest absolute Gasteiger partial charge is 0.273 e. The zero-order valence-corrected chi connectivity index (χ0v) is 9.19. The molecular weight excluding hydrogens is 192 g/mol. The highest BCUT2D eigenvalue weighted by atomic mass is 16.2. The Morgan fingerprint density at radius 1 is 1.33 bits per heavy atom. The first kappa shape index (κ1) is 11.4. The molecule has 1 heterocycles. The molecule has 1 atom stereocenters. The van der Waals surface area contributed by atoms with Crippen LogP contribution in [-0.2, 0) is 0 Å². The van der Waals surface area contributed by atoms with Gasteiger partial charge in [-0.1, -0.05) is 13.8 Å².